The summed E-state index contributed by atoms with van der Waals surface area (Å²) in [6.07, 6.45) is 0.691. The number of rotatable bonds is 2. The molecule has 1 unspecified atom stereocenters. The highest BCUT2D eigenvalue weighted by Crippen LogP contribution is 2.25. The predicted molar refractivity (Wildman–Crippen MR) is 55.0 cm³/mol. The van der Waals surface area contributed by atoms with E-state index in [2.05, 4.69) is 4.98 Å². The zero-order valence-corrected chi connectivity index (χ0v) is 9.32. The van der Waals surface area contributed by atoms with E-state index < -0.39 is 33.7 Å². The minimum Gasteiger partial charge on any atom is -0.309 e. The molecule has 0 radical (unpaired) electrons. The van der Waals surface area contributed by atoms with Crippen LogP contribution < -0.4 is 4.90 Å². The molecule has 17 heavy (non-hydrogen) atoms. The SMILES string of the molecule is O=C1CC(S(=O)(=O)F)CN1c1ccc(F)nc1. The normalized spacial score (nSPS) is 20.9. The lowest BCUT2D eigenvalue weighted by atomic mass is 10.4. The van der Waals surface area contributed by atoms with E-state index in [-0.39, 0.29) is 12.2 Å². The number of nitrogens with zero attached hydrogens (tertiary/aromatic N) is 2. The average molecular weight is 262 g/mol. The maximum absolute atomic E-state index is 12.7. The highest BCUT2D eigenvalue weighted by molar-refractivity contribution is 7.87. The van der Waals surface area contributed by atoms with Crippen molar-refractivity contribution in [2.45, 2.75) is 11.7 Å². The Morgan fingerprint density at radius 2 is 2.12 bits per heavy atom. The summed E-state index contributed by atoms with van der Waals surface area (Å²) < 4.78 is 46.7. The van der Waals surface area contributed by atoms with Gasteiger partial charge >= 0.3 is 10.2 Å². The zero-order chi connectivity index (χ0) is 12.6. The molecule has 2 heterocycles. The molecule has 5 nitrogen and oxygen atoms in total. The molecule has 1 amide bonds. The third-order valence-corrected chi connectivity index (χ3v) is 3.62. The first-order chi connectivity index (χ1) is 7.88. The monoisotopic (exact) mass is 262 g/mol. The van der Waals surface area contributed by atoms with Gasteiger partial charge in [0.1, 0.15) is 5.25 Å². The molecule has 1 fully saturated rings. The van der Waals surface area contributed by atoms with Crippen LogP contribution in [0.15, 0.2) is 18.3 Å². The number of halogens is 2. The molecular weight excluding hydrogens is 254 g/mol. The van der Waals surface area contributed by atoms with Crippen molar-refractivity contribution in [3.05, 3.63) is 24.3 Å². The molecule has 0 bridgehead atoms. The van der Waals surface area contributed by atoms with Crippen LogP contribution in [-0.2, 0) is 15.0 Å². The molecule has 0 saturated carbocycles. The van der Waals surface area contributed by atoms with Gasteiger partial charge < -0.3 is 4.90 Å². The smallest absolute Gasteiger partial charge is 0.307 e. The van der Waals surface area contributed by atoms with E-state index in [9.17, 15) is 21.5 Å². The molecule has 1 aromatic rings. The Hall–Kier alpha value is -1.57. The molecule has 0 N–H and O–H groups in total. The van der Waals surface area contributed by atoms with E-state index in [1.165, 1.54) is 6.07 Å². The molecule has 8 heteroatoms. The van der Waals surface area contributed by atoms with Crippen LogP contribution in [0.4, 0.5) is 14.0 Å². The first-order valence-corrected chi connectivity index (χ1v) is 6.18. The van der Waals surface area contributed by atoms with E-state index in [4.69, 9.17) is 0 Å². The van der Waals surface area contributed by atoms with Gasteiger partial charge in [-0.1, -0.05) is 0 Å². The standard InChI is InChI=1S/C9H8F2N2O3S/c10-8-2-1-6(4-12-8)13-5-7(3-9(13)14)17(11,15)16/h1-2,4,7H,3,5H2. The Morgan fingerprint density at radius 1 is 1.41 bits per heavy atom. The van der Waals surface area contributed by atoms with Crippen LogP contribution in [0.5, 0.6) is 0 Å². The first kappa shape index (κ1) is 11.9. The minimum atomic E-state index is -4.74. The molecule has 1 saturated heterocycles. The molecular formula is C9H8F2N2O3S. The lowest BCUT2D eigenvalue weighted by Gasteiger charge is -2.15. The van der Waals surface area contributed by atoms with Gasteiger partial charge in [-0.25, -0.2) is 4.98 Å². The number of amides is 1. The molecule has 0 aromatic carbocycles. The highest BCUT2D eigenvalue weighted by Gasteiger charge is 2.39. The Bertz CT molecular complexity index is 544. The second-order valence-electron chi connectivity index (χ2n) is 3.65. The second-order valence-corrected chi connectivity index (χ2v) is 5.26. The van der Waals surface area contributed by atoms with Gasteiger partial charge in [-0.05, 0) is 12.1 Å². The summed E-state index contributed by atoms with van der Waals surface area (Å²) in [5.74, 6) is -1.24. The van der Waals surface area contributed by atoms with Crippen molar-refractivity contribution in [1.82, 2.24) is 4.98 Å². The highest BCUT2D eigenvalue weighted by atomic mass is 32.3. The minimum absolute atomic E-state index is 0.252. The van der Waals surface area contributed by atoms with Gasteiger partial charge in [-0.3, -0.25) is 4.79 Å². The van der Waals surface area contributed by atoms with Crippen molar-refractivity contribution in [3.8, 4) is 0 Å². The van der Waals surface area contributed by atoms with Crippen molar-refractivity contribution in [2.75, 3.05) is 11.4 Å². The summed E-state index contributed by atoms with van der Waals surface area (Å²) in [4.78, 5) is 15.9. The molecule has 0 spiro atoms. The summed E-state index contributed by atoms with van der Waals surface area (Å²) in [6.45, 7) is -0.273. The molecule has 1 aliphatic heterocycles. The van der Waals surface area contributed by atoms with Crippen LogP contribution in [-0.4, -0.2) is 31.1 Å². The van der Waals surface area contributed by atoms with Gasteiger partial charge in [0.05, 0.1) is 11.9 Å². The summed E-state index contributed by atoms with van der Waals surface area (Å²) in [7, 11) is -4.74. The van der Waals surface area contributed by atoms with Crippen LogP contribution >= 0.6 is 0 Å². The Balaban J connectivity index is 2.24. The Kier molecular flexibility index (Phi) is 2.82. The first-order valence-electron chi connectivity index (χ1n) is 4.73. The van der Waals surface area contributed by atoms with Crippen LogP contribution in [0.25, 0.3) is 0 Å². The van der Waals surface area contributed by atoms with Crippen molar-refractivity contribution >= 4 is 21.8 Å². The van der Waals surface area contributed by atoms with E-state index in [1.54, 1.807) is 0 Å². The number of carbonyl (C=O) groups excluding carboxylic acids is 1. The van der Waals surface area contributed by atoms with Crippen molar-refractivity contribution in [3.63, 3.8) is 0 Å². The maximum atomic E-state index is 12.7. The van der Waals surface area contributed by atoms with Crippen molar-refractivity contribution < 1.29 is 21.5 Å². The van der Waals surface area contributed by atoms with E-state index in [1.807, 2.05) is 0 Å². The molecule has 2 rings (SSSR count). The maximum Gasteiger partial charge on any atom is 0.307 e. The van der Waals surface area contributed by atoms with E-state index >= 15 is 0 Å². The molecule has 1 atom stereocenters. The molecule has 92 valence electrons. The van der Waals surface area contributed by atoms with Crippen LogP contribution in [0.1, 0.15) is 6.42 Å². The quantitative estimate of drug-likeness (QED) is 0.579. The van der Waals surface area contributed by atoms with Crippen molar-refractivity contribution in [1.29, 1.82) is 0 Å². The fourth-order valence-corrected chi connectivity index (χ4v) is 2.31. The number of anilines is 1. The fraction of sp³-hybridized carbons (Fsp3) is 0.333. The molecule has 0 aliphatic carbocycles. The van der Waals surface area contributed by atoms with Crippen molar-refractivity contribution in [2.24, 2.45) is 0 Å². The average Bonchev–Trinajstić information content (AvgIpc) is 2.61. The van der Waals surface area contributed by atoms with Crippen LogP contribution in [0.3, 0.4) is 0 Å². The lowest BCUT2D eigenvalue weighted by Crippen LogP contribution is -2.27. The largest absolute Gasteiger partial charge is 0.309 e. The number of pyridine rings is 1. The third kappa shape index (κ3) is 2.41. The van der Waals surface area contributed by atoms with E-state index in [0.717, 1.165) is 17.2 Å². The Morgan fingerprint density at radius 3 is 2.59 bits per heavy atom. The number of carbonyl (C=O) groups is 1. The summed E-state index contributed by atoms with van der Waals surface area (Å²) in [6, 6.07) is 2.33. The van der Waals surface area contributed by atoms with Crippen LogP contribution in [0.2, 0.25) is 0 Å². The molecule has 1 aromatic heterocycles. The second kappa shape index (κ2) is 4.02. The topological polar surface area (TPSA) is 67.3 Å². The fourth-order valence-electron chi connectivity index (χ4n) is 1.64. The lowest BCUT2D eigenvalue weighted by molar-refractivity contribution is -0.117. The number of aromatic nitrogens is 1. The summed E-state index contributed by atoms with van der Waals surface area (Å²) in [5, 5.41) is -1.36. The predicted octanol–water partition coefficient (Wildman–Crippen LogP) is 0.625. The van der Waals surface area contributed by atoms with Gasteiger partial charge in [-0.15, -0.1) is 3.89 Å². The Labute approximate surface area is 96.3 Å². The van der Waals surface area contributed by atoms with Gasteiger partial charge in [0.15, 0.2) is 0 Å². The summed E-state index contributed by atoms with van der Waals surface area (Å²) >= 11 is 0. The van der Waals surface area contributed by atoms with Gasteiger partial charge in [-0.2, -0.15) is 12.8 Å². The summed E-state index contributed by atoms with van der Waals surface area (Å²) in [5.41, 5.74) is 0.252. The van der Waals surface area contributed by atoms with Gasteiger partial charge in [0.25, 0.3) is 0 Å². The third-order valence-electron chi connectivity index (χ3n) is 2.51. The molecule has 1 aliphatic rings. The number of hydrogen-bond acceptors (Lipinski definition) is 4. The van der Waals surface area contributed by atoms with Crippen LogP contribution in [0, 0.1) is 5.95 Å². The van der Waals surface area contributed by atoms with Gasteiger partial charge in [0.2, 0.25) is 11.9 Å². The number of hydrogen-bond donors (Lipinski definition) is 0. The zero-order valence-electron chi connectivity index (χ0n) is 8.51. The van der Waals surface area contributed by atoms with Gasteiger partial charge in [0, 0.05) is 13.0 Å². The van der Waals surface area contributed by atoms with E-state index in [0.29, 0.717) is 0 Å².